The Labute approximate surface area is 100 Å². The van der Waals surface area contributed by atoms with Gasteiger partial charge >= 0.3 is 5.97 Å². The molecule has 5 heteroatoms. The zero-order chi connectivity index (χ0) is 12.3. The summed E-state index contributed by atoms with van der Waals surface area (Å²) in [6, 6.07) is 1.87. The van der Waals surface area contributed by atoms with Gasteiger partial charge in [-0.15, -0.1) is 0 Å². The lowest BCUT2D eigenvalue weighted by Gasteiger charge is -2.16. The number of aromatic nitrogens is 2. The van der Waals surface area contributed by atoms with E-state index in [9.17, 15) is 4.79 Å². The molecule has 0 saturated heterocycles. The first kappa shape index (κ1) is 11.8. The van der Waals surface area contributed by atoms with Crippen molar-refractivity contribution in [2.45, 2.75) is 26.2 Å². The molecular formula is C12H17N3O2. The van der Waals surface area contributed by atoms with Crippen LogP contribution in [0.25, 0.3) is 0 Å². The third-order valence-electron chi connectivity index (χ3n) is 3.33. The first-order chi connectivity index (χ1) is 8.16. The number of aryl methyl sites for hydroxylation is 1. The van der Waals surface area contributed by atoms with Crippen molar-refractivity contribution >= 4 is 11.8 Å². The van der Waals surface area contributed by atoms with E-state index in [0.717, 1.165) is 30.8 Å². The highest BCUT2D eigenvalue weighted by Gasteiger charge is 2.32. The van der Waals surface area contributed by atoms with Gasteiger partial charge in [0.05, 0.1) is 5.92 Å². The second kappa shape index (κ2) is 5.12. The van der Waals surface area contributed by atoms with E-state index >= 15 is 0 Å². The van der Waals surface area contributed by atoms with E-state index in [-0.39, 0.29) is 11.8 Å². The van der Waals surface area contributed by atoms with E-state index in [1.807, 2.05) is 13.0 Å². The standard InChI is InChI=1S/C12H17N3O2/c1-8-5-11(15-7-14-8)13-6-9-3-2-4-10(9)12(16)17/h5,7,9-10H,2-4,6H2,1H3,(H,16,17)(H,13,14,15). The number of carboxylic acids is 1. The fourth-order valence-corrected chi connectivity index (χ4v) is 2.39. The maximum atomic E-state index is 11.0. The van der Waals surface area contributed by atoms with E-state index in [2.05, 4.69) is 15.3 Å². The molecule has 2 N–H and O–H groups in total. The van der Waals surface area contributed by atoms with Crippen molar-refractivity contribution in [2.75, 3.05) is 11.9 Å². The van der Waals surface area contributed by atoms with Crippen molar-refractivity contribution in [3.05, 3.63) is 18.1 Å². The molecule has 92 valence electrons. The molecule has 0 spiro atoms. The van der Waals surface area contributed by atoms with Gasteiger partial charge < -0.3 is 10.4 Å². The molecule has 1 aromatic rings. The van der Waals surface area contributed by atoms with Gasteiger partial charge in [0.15, 0.2) is 0 Å². The Morgan fingerprint density at radius 2 is 2.35 bits per heavy atom. The molecule has 2 rings (SSSR count). The van der Waals surface area contributed by atoms with Crippen LogP contribution in [0.15, 0.2) is 12.4 Å². The van der Waals surface area contributed by atoms with Crippen molar-refractivity contribution in [1.82, 2.24) is 9.97 Å². The summed E-state index contributed by atoms with van der Waals surface area (Å²) < 4.78 is 0. The van der Waals surface area contributed by atoms with Crippen LogP contribution in [-0.4, -0.2) is 27.6 Å². The average molecular weight is 235 g/mol. The van der Waals surface area contributed by atoms with E-state index in [0.29, 0.717) is 6.54 Å². The molecule has 2 atom stereocenters. The second-order valence-electron chi connectivity index (χ2n) is 4.56. The Kier molecular flexibility index (Phi) is 3.56. The first-order valence-corrected chi connectivity index (χ1v) is 5.92. The monoisotopic (exact) mass is 235 g/mol. The normalized spacial score (nSPS) is 23.6. The molecule has 1 fully saturated rings. The minimum atomic E-state index is -0.673. The lowest BCUT2D eigenvalue weighted by Crippen LogP contribution is -2.24. The Morgan fingerprint density at radius 1 is 1.53 bits per heavy atom. The zero-order valence-electron chi connectivity index (χ0n) is 9.89. The molecule has 17 heavy (non-hydrogen) atoms. The van der Waals surface area contributed by atoms with Crippen LogP contribution >= 0.6 is 0 Å². The summed E-state index contributed by atoms with van der Waals surface area (Å²) in [5, 5.41) is 12.3. The number of nitrogens with zero attached hydrogens (tertiary/aromatic N) is 2. The first-order valence-electron chi connectivity index (χ1n) is 5.92. The molecule has 0 radical (unpaired) electrons. The van der Waals surface area contributed by atoms with E-state index in [4.69, 9.17) is 5.11 Å². The molecule has 1 aliphatic carbocycles. The Bertz CT molecular complexity index is 408. The summed E-state index contributed by atoms with van der Waals surface area (Å²) in [5.74, 6) is 0.106. The third-order valence-corrected chi connectivity index (χ3v) is 3.33. The smallest absolute Gasteiger partial charge is 0.306 e. The largest absolute Gasteiger partial charge is 0.481 e. The average Bonchev–Trinajstić information content (AvgIpc) is 2.74. The molecule has 0 aromatic carbocycles. The molecule has 1 aromatic heterocycles. The van der Waals surface area contributed by atoms with Gasteiger partial charge in [0.1, 0.15) is 12.1 Å². The summed E-state index contributed by atoms with van der Waals surface area (Å²) >= 11 is 0. The molecule has 1 heterocycles. The maximum Gasteiger partial charge on any atom is 0.306 e. The maximum absolute atomic E-state index is 11.0. The number of aliphatic carboxylic acids is 1. The Balaban J connectivity index is 1.91. The quantitative estimate of drug-likeness (QED) is 0.830. The predicted octanol–water partition coefficient (Wildman–Crippen LogP) is 1.70. The van der Waals surface area contributed by atoms with Crippen LogP contribution < -0.4 is 5.32 Å². The van der Waals surface area contributed by atoms with Gasteiger partial charge in [-0.2, -0.15) is 0 Å². The van der Waals surface area contributed by atoms with Crippen molar-refractivity contribution in [3.63, 3.8) is 0 Å². The molecule has 0 bridgehead atoms. The van der Waals surface area contributed by atoms with E-state index in [1.54, 1.807) is 0 Å². The molecule has 1 saturated carbocycles. The number of nitrogens with one attached hydrogen (secondary N) is 1. The van der Waals surface area contributed by atoms with Gasteiger partial charge in [-0.3, -0.25) is 4.79 Å². The molecule has 0 aliphatic heterocycles. The van der Waals surface area contributed by atoms with Crippen LogP contribution in [-0.2, 0) is 4.79 Å². The van der Waals surface area contributed by atoms with Crippen molar-refractivity contribution in [3.8, 4) is 0 Å². The fraction of sp³-hybridized carbons (Fsp3) is 0.583. The van der Waals surface area contributed by atoms with Gasteiger partial charge in [-0.1, -0.05) is 6.42 Å². The molecular weight excluding hydrogens is 218 g/mol. The van der Waals surface area contributed by atoms with Gasteiger partial charge in [0.25, 0.3) is 0 Å². The summed E-state index contributed by atoms with van der Waals surface area (Å²) in [5.41, 5.74) is 0.906. The highest BCUT2D eigenvalue weighted by Crippen LogP contribution is 2.31. The van der Waals surface area contributed by atoms with Crippen LogP contribution in [0.3, 0.4) is 0 Å². The lowest BCUT2D eigenvalue weighted by molar-refractivity contribution is -0.142. The van der Waals surface area contributed by atoms with Crippen LogP contribution in [0.5, 0.6) is 0 Å². The number of anilines is 1. The molecule has 0 amide bonds. The van der Waals surface area contributed by atoms with Crippen LogP contribution in [0.4, 0.5) is 5.82 Å². The SMILES string of the molecule is Cc1cc(NCC2CCCC2C(=O)O)ncn1. The zero-order valence-corrected chi connectivity index (χ0v) is 9.89. The van der Waals surface area contributed by atoms with Crippen molar-refractivity contribution in [2.24, 2.45) is 11.8 Å². The van der Waals surface area contributed by atoms with Crippen LogP contribution in [0.1, 0.15) is 25.0 Å². The van der Waals surface area contributed by atoms with Gasteiger partial charge in [-0.25, -0.2) is 9.97 Å². The minimum absolute atomic E-state index is 0.203. The number of rotatable bonds is 4. The Morgan fingerprint density at radius 3 is 3.06 bits per heavy atom. The Hall–Kier alpha value is -1.65. The fourth-order valence-electron chi connectivity index (χ4n) is 2.39. The van der Waals surface area contributed by atoms with Crippen molar-refractivity contribution in [1.29, 1.82) is 0 Å². The molecule has 5 nitrogen and oxygen atoms in total. The summed E-state index contributed by atoms with van der Waals surface area (Å²) in [7, 11) is 0. The number of carboxylic acid groups (broad SMARTS) is 1. The van der Waals surface area contributed by atoms with Crippen LogP contribution in [0.2, 0.25) is 0 Å². The minimum Gasteiger partial charge on any atom is -0.481 e. The predicted molar refractivity (Wildman–Crippen MR) is 63.7 cm³/mol. The van der Waals surface area contributed by atoms with Gasteiger partial charge in [0, 0.05) is 18.3 Å². The highest BCUT2D eigenvalue weighted by atomic mass is 16.4. The third kappa shape index (κ3) is 2.93. The van der Waals surface area contributed by atoms with Gasteiger partial charge in [0.2, 0.25) is 0 Å². The summed E-state index contributed by atoms with van der Waals surface area (Å²) in [6.07, 6.45) is 4.30. The number of hydrogen-bond donors (Lipinski definition) is 2. The number of carbonyl (C=O) groups is 1. The molecule has 2 unspecified atom stereocenters. The lowest BCUT2D eigenvalue weighted by atomic mass is 9.96. The van der Waals surface area contributed by atoms with Crippen molar-refractivity contribution < 1.29 is 9.90 Å². The topological polar surface area (TPSA) is 75.1 Å². The highest BCUT2D eigenvalue weighted by molar-refractivity contribution is 5.70. The van der Waals surface area contributed by atoms with Crippen LogP contribution in [0, 0.1) is 18.8 Å². The summed E-state index contributed by atoms with van der Waals surface area (Å²) in [4.78, 5) is 19.1. The van der Waals surface area contributed by atoms with E-state index < -0.39 is 5.97 Å². The van der Waals surface area contributed by atoms with Gasteiger partial charge in [-0.05, 0) is 25.7 Å². The summed E-state index contributed by atoms with van der Waals surface area (Å²) in [6.45, 7) is 2.58. The molecule has 1 aliphatic rings. The second-order valence-corrected chi connectivity index (χ2v) is 4.56. The van der Waals surface area contributed by atoms with E-state index in [1.165, 1.54) is 6.33 Å². The number of hydrogen-bond acceptors (Lipinski definition) is 4.